The fraction of sp³-hybridized carbons (Fsp3) is 0.0833. The predicted molar refractivity (Wildman–Crippen MR) is 67.7 cm³/mol. The lowest BCUT2D eigenvalue weighted by Crippen LogP contribution is -1.99. The molecule has 0 aliphatic heterocycles. The van der Waals surface area contributed by atoms with Crippen molar-refractivity contribution in [2.24, 2.45) is 0 Å². The number of aromatic nitrogens is 1. The molecule has 0 amide bonds. The van der Waals surface area contributed by atoms with Crippen LogP contribution in [0.4, 0.5) is 4.39 Å². The molecule has 0 spiro atoms. The quantitative estimate of drug-likeness (QED) is 0.846. The Balaban J connectivity index is 2.10. The Hall–Kier alpha value is -1.13. The summed E-state index contributed by atoms with van der Waals surface area (Å²) in [5.41, 5.74) is 0.701. The summed E-state index contributed by atoms with van der Waals surface area (Å²) in [4.78, 5) is 4.12. The molecule has 5 heteroatoms. The van der Waals surface area contributed by atoms with Gasteiger partial charge in [0.2, 0.25) is 0 Å². The average molecular weight is 317 g/mol. The molecule has 2 aromatic rings. The molecule has 1 heterocycles. The number of hydrogen-bond donors (Lipinski definition) is 0. The third kappa shape index (κ3) is 3.17. The smallest absolute Gasteiger partial charge is 0.174 e. The number of pyridine rings is 1. The molecular weight excluding hydrogens is 308 g/mol. The van der Waals surface area contributed by atoms with Crippen molar-refractivity contribution < 1.29 is 9.13 Å². The monoisotopic (exact) mass is 315 g/mol. The van der Waals surface area contributed by atoms with Gasteiger partial charge in [-0.2, -0.15) is 0 Å². The zero-order chi connectivity index (χ0) is 12.3. The van der Waals surface area contributed by atoms with Crippen LogP contribution in [0.5, 0.6) is 5.75 Å². The zero-order valence-electron chi connectivity index (χ0n) is 8.66. The molecule has 1 aromatic carbocycles. The number of hydrogen-bond acceptors (Lipinski definition) is 2. The lowest BCUT2D eigenvalue weighted by molar-refractivity contribution is 0.286. The first-order valence-electron chi connectivity index (χ1n) is 4.84. The first-order valence-corrected chi connectivity index (χ1v) is 6.01. The molecule has 1 aromatic heterocycles. The van der Waals surface area contributed by atoms with Crippen LogP contribution < -0.4 is 4.74 Å². The van der Waals surface area contributed by atoms with Gasteiger partial charge in [0.05, 0.1) is 10.7 Å². The van der Waals surface area contributed by atoms with E-state index in [2.05, 4.69) is 20.9 Å². The van der Waals surface area contributed by atoms with Gasteiger partial charge >= 0.3 is 0 Å². The molecular formula is C12H8BrClFNO. The normalized spacial score (nSPS) is 10.3. The first-order chi connectivity index (χ1) is 8.16. The van der Waals surface area contributed by atoms with Crippen LogP contribution in [-0.4, -0.2) is 4.98 Å². The van der Waals surface area contributed by atoms with Crippen molar-refractivity contribution in [3.8, 4) is 5.75 Å². The van der Waals surface area contributed by atoms with Gasteiger partial charge in [-0.15, -0.1) is 0 Å². The molecule has 0 bridgehead atoms. The highest BCUT2D eigenvalue weighted by atomic mass is 79.9. The minimum atomic E-state index is -0.477. The molecule has 0 aliphatic carbocycles. The van der Waals surface area contributed by atoms with Gasteiger partial charge in [0, 0.05) is 10.7 Å². The first kappa shape index (κ1) is 12.3. The number of benzene rings is 1. The van der Waals surface area contributed by atoms with Gasteiger partial charge in [0.1, 0.15) is 6.61 Å². The second-order valence-corrected chi connectivity index (χ2v) is 4.63. The van der Waals surface area contributed by atoms with Crippen LogP contribution in [0.1, 0.15) is 5.69 Å². The minimum absolute atomic E-state index is 0.0545. The van der Waals surface area contributed by atoms with Gasteiger partial charge in [-0.25, -0.2) is 4.39 Å². The van der Waals surface area contributed by atoms with Crippen LogP contribution in [0.15, 0.2) is 41.0 Å². The van der Waals surface area contributed by atoms with Gasteiger partial charge in [0.25, 0.3) is 0 Å². The van der Waals surface area contributed by atoms with Crippen molar-refractivity contribution in [1.82, 2.24) is 4.98 Å². The van der Waals surface area contributed by atoms with Gasteiger partial charge in [0.15, 0.2) is 11.6 Å². The van der Waals surface area contributed by atoms with E-state index in [4.69, 9.17) is 16.3 Å². The van der Waals surface area contributed by atoms with Gasteiger partial charge < -0.3 is 4.74 Å². The summed E-state index contributed by atoms with van der Waals surface area (Å²) >= 11 is 9.11. The molecule has 0 saturated heterocycles. The molecule has 0 atom stereocenters. The van der Waals surface area contributed by atoms with E-state index in [1.54, 1.807) is 18.3 Å². The molecule has 17 heavy (non-hydrogen) atoms. The standard InChI is InChI=1S/C12H8BrClFNO/c13-8-4-5-9(16-6-8)7-17-12-10(14)2-1-3-11(12)15/h1-6H,7H2. The predicted octanol–water partition coefficient (Wildman–Crippen LogP) is 4.22. The maximum atomic E-state index is 13.4. The second kappa shape index (κ2) is 5.47. The topological polar surface area (TPSA) is 22.1 Å². The Kier molecular flexibility index (Phi) is 3.97. The van der Waals surface area contributed by atoms with E-state index in [0.717, 1.165) is 4.47 Å². The maximum absolute atomic E-state index is 13.4. The fourth-order valence-corrected chi connectivity index (χ4v) is 1.71. The molecule has 88 valence electrons. The van der Waals surface area contributed by atoms with E-state index < -0.39 is 5.82 Å². The van der Waals surface area contributed by atoms with Crippen molar-refractivity contribution in [3.05, 3.63) is 57.5 Å². The number of ether oxygens (including phenoxy) is 1. The molecule has 2 rings (SSSR count). The largest absolute Gasteiger partial charge is 0.483 e. The number of nitrogens with zero attached hydrogens (tertiary/aromatic N) is 1. The number of halogens is 3. The molecule has 0 N–H and O–H groups in total. The van der Waals surface area contributed by atoms with Crippen molar-refractivity contribution in [2.75, 3.05) is 0 Å². The SMILES string of the molecule is Fc1cccc(Cl)c1OCc1ccc(Br)cn1. The Labute approximate surface area is 112 Å². The highest BCUT2D eigenvalue weighted by Crippen LogP contribution is 2.27. The zero-order valence-corrected chi connectivity index (χ0v) is 11.0. The third-order valence-corrected chi connectivity index (χ3v) is 2.84. The molecule has 0 aliphatic rings. The van der Waals surface area contributed by atoms with Crippen molar-refractivity contribution >= 4 is 27.5 Å². The lowest BCUT2D eigenvalue weighted by atomic mass is 10.3. The molecule has 0 unspecified atom stereocenters. The van der Waals surface area contributed by atoms with Crippen molar-refractivity contribution in [1.29, 1.82) is 0 Å². The lowest BCUT2D eigenvalue weighted by Gasteiger charge is -2.08. The van der Waals surface area contributed by atoms with E-state index in [1.165, 1.54) is 12.1 Å². The van der Waals surface area contributed by atoms with E-state index in [-0.39, 0.29) is 17.4 Å². The van der Waals surface area contributed by atoms with Crippen LogP contribution in [-0.2, 0) is 6.61 Å². The Bertz CT molecular complexity index is 498. The van der Waals surface area contributed by atoms with Crippen LogP contribution in [0.25, 0.3) is 0 Å². The number of para-hydroxylation sites is 1. The summed E-state index contributed by atoms with van der Waals surface area (Å²) in [5.74, 6) is -0.423. The third-order valence-electron chi connectivity index (χ3n) is 2.07. The molecule has 0 radical (unpaired) electrons. The summed E-state index contributed by atoms with van der Waals surface area (Å²) in [6.07, 6.45) is 1.65. The Morgan fingerprint density at radius 2 is 2.12 bits per heavy atom. The molecule has 2 nitrogen and oxygen atoms in total. The summed E-state index contributed by atoms with van der Waals surface area (Å²) < 4.78 is 19.6. The van der Waals surface area contributed by atoms with E-state index in [9.17, 15) is 4.39 Å². The Morgan fingerprint density at radius 1 is 1.29 bits per heavy atom. The summed E-state index contributed by atoms with van der Waals surface area (Å²) in [7, 11) is 0. The van der Waals surface area contributed by atoms with Crippen molar-refractivity contribution in [3.63, 3.8) is 0 Å². The second-order valence-electron chi connectivity index (χ2n) is 3.31. The van der Waals surface area contributed by atoms with E-state index in [1.807, 2.05) is 6.07 Å². The van der Waals surface area contributed by atoms with Crippen molar-refractivity contribution in [2.45, 2.75) is 6.61 Å². The van der Waals surface area contributed by atoms with Gasteiger partial charge in [-0.05, 0) is 40.2 Å². The van der Waals surface area contributed by atoms with Crippen LogP contribution in [0.3, 0.4) is 0 Å². The van der Waals surface area contributed by atoms with Crippen LogP contribution >= 0.6 is 27.5 Å². The van der Waals surface area contributed by atoms with Gasteiger partial charge in [-0.3, -0.25) is 4.98 Å². The van der Waals surface area contributed by atoms with Crippen LogP contribution in [0, 0.1) is 5.82 Å². The van der Waals surface area contributed by atoms with Crippen LogP contribution in [0.2, 0.25) is 5.02 Å². The van der Waals surface area contributed by atoms with E-state index in [0.29, 0.717) is 5.69 Å². The molecule has 0 fully saturated rings. The van der Waals surface area contributed by atoms with Gasteiger partial charge in [-0.1, -0.05) is 17.7 Å². The summed E-state index contributed by atoms with van der Waals surface area (Å²) in [6.45, 7) is 0.175. The number of rotatable bonds is 3. The average Bonchev–Trinajstić information content (AvgIpc) is 2.31. The highest BCUT2D eigenvalue weighted by Gasteiger charge is 2.08. The minimum Gasteiger partial charge on any atom is -0.483 e. The fourth-order valence-electron chi connectivity index (χ4n) is 1.26. The summed E-state index contributed by atoms with van der Waals surface area (Å²) in [5, 5.41) is 0.252. The summed E-state index contributed by atoms with van der Waals surface area (Å²) in [6, 6.07) is 8.04. The Morgan fingerprint density at radius 3 is 2.76 bits per heavy atom. The van der Waals surface area contributed by atoms with E-state index >= 15 is 0 Å². The maximum Gasteiger partial charge on any atom is 0.174 e. The highest BCUT2D eigenvalue weighted by molar-refractivity contribution is 9.10. The molecule has 0 saturated carbocycles.